The van der Waals surface area contributed by atoms with E-state index in [0.29, 0.717) is 5.69 Å². The lowest BCUT2D eigenvalue weighted by Crippen LogP contribution is -2.32. The van der Waals surface area contributed by atoms with E-state index in [2.05, 4.69) is 10.3 Å². The van der Waals surface area contributed by atoms with Gasteiger partial charge in [-0.2, -0.15) is 0 Å². The van der Waals surface area contributed by atoms with Gasteiger partial charge in [0, 0.05) is 6.04 Å². The van der Waals surface area contributed by atoms with E-state index in [0.717, 1.165) is 19.1 Å². The van der Waals surface area contributed by atoms with Crippen LogP contribution in [0.1, 0.15) is 12.8 Å². The van der Waals surface area contributed by atoms with E-state index in [1.54, 1.807) is 0 Å². The number of hydrogen-bond donors (Lipinski definition) is 2. The molecular formula is C10H13N3O4S. The molecule has 1 aromatic heterocycles. The highest BCUT2D eigenvalue weighted by Gasteiger charge is 2.35. The molecule has 1 aromatic rings. The molecule has 0 aliphatic heterocycles. The minimum atomic E-state index is -3.38. The van der Waals surface area contributed by atoms with E-state index in [1.807, 2.05) is 0 Å². The molecule has 2 N–H and O–H groups in total. The number of nitrogens with one attached hydrogen (secondary N) is 1. The Hall–Kier alpha value is -1.83. The minimum absolute atomic E-state index is 0.0399. The van der Waals surface area contributed by atoms with Gasteiger partial charge in [0.05, 0.1) is 30.0 Å². The van der Waals surface area contributed by atoms with Crippen LogP contribution in [-0.2, 0) is 10.0 Å². The summed E-state index contributed by atoms with van der Waals surface area (Å²) in [6.45, 7) is 0. The normalized spacial score (nSPS) is 15.2. The van der Waals surface area contributed by atoms with Crippen molar-refractivity contribution in [1.29, 1.82) is 0 Å². The van der Waals surface area contributed by atoms with Crippen molar-refractivity contribution < 1.29 is 18.3 Å². The fourth-order valence-electron chi connectivity index (χ4n) is 1.72. The Kier molecular flexibility index (Phi) is 3.12. The molecule has 2 rings (SSSR count). The van der Waals surface area contributed by atoms with Crippen LogP contribution in [0.2, 0.25) is 0 Å². The molecule has 0 spiro atoms. The molecule has 1 saturated carbocycles. The van der Waals surface area contributed by atoms with Crippen molar-refractivity contribution in [1.82, 2.24) is 4.98 Å². The van der Waals surface area contributed by atoms with Gasteiger partial charge in [-0.05, 0) is 18.9 Å². The molecule has 0 unspecified atom stereocenters. The predicted molar refractivity (Wildman–Crippen MR) is 66.2 cm³/mol. The van der Waals surface area contributed by atoms with Gasteiger partial charge in [0.2, 0.25) is 10.0 Å². The number of carbonyl (C=O) groups is 1. The van der Waals surface area contributed by atoms with E-state index in [-0.39, 0.29) is 11.7 Å². The monoisotopic (exact) mass is 271 g/mol. The van der Waals surface area contributed by atoms with Crippen molar-refractivity contribution in [3.05, 3.63) is 18.5 Å². The van der Waals surface area contributed by atoms with Crippen LogP contribution in [0, 0.1) is 0 Å². The summed E-state index contributed by atoms with van der Waals surface area (Å²) < 4.78 is 24.7. The lowest BCUT2D eigenvalue weighted by Gasteiger charge is -2.21. The maximum absolute atomic E-state index is 11.7. The summed E-state index contributed by atoms with van der Waals surface area (Å²) in [6.07, 6.45) is 4.26. The van der Waals surface area contributed by atoms with Crippen LogP contribution in [0.4, 0.5) is 16.2 Å². The molecule has 0 atom stereocenters. The number of hydrogen-bond acceptors (Lipinski definition) is 4. The van der Waals surface area contributed by atoms with Crippen LogP contribution in [0.25, 0.3) is 0 Å². The van der Waals surface area contributed by atoms with Gasteiger partial charge in [-0.25, -0.2) is 13.2 Å². The number of carboxylic acid groups (broad SMARTS) is 1. The molecule has 0 saturated heterocycles. The van der Waals surface area contributed by atoms with Crippen LogP contribution in [0.3, 0.4) is 0 Å². The molecule has 0 radical (unpaired) electrons. The third kappa shape index (κ3) is 2.89. The van der Waals surface area contributed by atoms with Crippen molar-refractivity contribution in [2.45, 2.75) is 18.9 Å². The van der Waals surface area contributed by atoms with Crippen LogP contribution in [0.15, 0.2) is 18.5 Å². The van der Waals surface area contributed by atoms with Crippen molar-refractivity contribution in [2.75, 3.05) is 15.9 Å². The fourth-order valence-corrected chi connectivity index (χ4v) is 2.96. The van der Waals surface area contributed by atoms with E-state index in [1.165, 1.54) is 22.8 Å². The number of aromatic nitrogens is 1. The maximum Gasteiger partial charge on any atom is 0.409 e. The quantitative estimate of drug-likeness (QED) is 0.854. The number of amides is 1. The first-order chi connectivity index (χ1) is 8.38. The van der Waals surface area contributed by atoms with Gasteiger partial charge in [-0.15, -0.1) is 0 Å². The zero-order valence-corrected chi connectivity index (χ0v) is 10.5. The molecule has 7 nitrogen and oxygen atoms in total. The highest BCUT2D eigenvalue weighted by molar-refractivity contribution is 7.92. The van der Waals surface area contributed by atoms with Crippen molar-refractivity contribution in [2.24, 2.45) is 0 Å². The van der Waals surface area contributed by atoms with Crippen molar-refractivity contribution in [3.8, 4) is 0 Å². The Labute approximate surface area is 104 Å². The first-order valence-electron chi connectivity index (χ1n) is 5.32. The van der Waals surface area contributed by atoms with Crippen molar-refractivity contribution >= 4 is 27.5 Å². The third-order valence-corrected chi connectivity index (χ3v) is 3.69. The highest BCUT2D eigenvalue weighted by Crippen LogP contribution is 2.34. The first kappa shape index (κ1) is 12.6. The number of sulfonamides is 1. The fraction of sp³-hybridized carbons (Fsp3) is 0.400. The second kappa shape index (κ2) is 4.45. The van der Waals surface area contributed by atoms with E-state index >= 15 is 0 Å². The minimum Gasteiger partial charge on any atom is -0.465 e. The zero-order valence-electron chi connectivity index (χ0n) is 9.70. The lowest BCUT2D eigenvalue weighted by atomic mass is 10.3. The highest BCUT2D eigenvalue weighted by atomic mass is 32.2. The second-order valence-corrected chi connectivity index (χ2v) is 6.01. The first-order valence-corrected chi connectivity index (χ1v) is 7.17. The van der Waals surface area contributed by atoms with Crippen molar-refractivity contribution in [3.63, 3.8) is 0 Å². The molecule has 1 amide bonds. The maximum atomic E-state index is 11.7. The van der Waals surface area contributed by atoms with Gasteiger partial charge in [0.15, 0.2) is 0 Å². The van der Waals surface area contributed by atoms with Gasteiger partial charge in [0.1, 0.15) is 0 Å². The Morgan fingerprint density at radius 3 is 2.67 bits per heavy atom. The van der Waals surface area contributed by atoms with E-state index < -0.39 is 16.1 Å². The summed E-state index contributed by atoms with van der Waals surface area (Å²) in [5, 5.41) is 10.8. The Morgan fingerprint density at radius 1 is 1.50 bits per heavy atom. The summed E-state index contributed by atoms with van der Waals surface area (Å²) in [7, 11) is -3.38. The average molecular weight is 271 g/mol. The van der Waals surface area contributed by atoms with Gasteiger partial charge in [-0.1, -0.05) is 0 Å². The van der Waals surface area contributed by atoms with Gasteiger partial charge >= 0.3 is 6.09 Å². The smallest absolute Gasteiger partial charge is 0.409 e. The molecule has 18 heavy (non-hydrogen) atoms. The van der Waals surface area contributed by atoms with Crippen LogP contribution >= 0.6 is 0 Å². The molecule has 8 heteroatoms. The Balaban J connectivity index is 2.33. The van der Waals surface area contributed by atoms with Gasteiger partial charge in [-0.3, -0.25) is 14.6 Å². The standard InChI is InChI=1S/C10H13N3O4S/c1-18(16,17)13(8-2-3-8)9-4-7(5-11-6-9)12-10(14)15/h4-6,8,12H,2-3H2,1H3,(H,14,15). The topological polar surface area (TPSA) is 99.6 Å². The number of pyridine rings is 1. The van der Waals surface area contributed by atoms with E-state index in [9.17, 15) is 13.2 Å². The molecule has 1 fully saturated rings. The van der Waals surface area contributed by atoms with Crippen LogP contribution in [0.5, 0.6) is 0 Å². The van der Waals surface area contributed by atoms with E-state index in [4.69, 9.17) is 5.11 Å². The van der Waals surface area contributed by atoms with Crippen LogP contribution in [-0.4, -0.2) is 36.9 Å². The molecule has 0 aromatic carbocycles. The summed E-state index contributed by atoms with van der Waals surface area (Å²) in [5.41, 5.74) is 0.626. The summed E-state index contributed by atoms with van der Waals surface area (Å²) in [6, 6.07) is 1.42. The summed E-state index contributed by atoms with van der Waals surface area (Å²) in [4.78, 5) is 14.4. The summed E-state index contributed by atoms with van der Waals surface area (Å²) in [5.74, 6) is 0. The Bertz CT molecular complexity index is 568. The Morgan fingerprint density at radius 2 is 2.17 bits per heavy atom. The molecule has 98 valence electrons. The number of rotatable bonds is 4. The zero-order chi connectivity index (χ0) is 13.3. The molecule has 1 aliphatic rings. The molecular weight excluding hydrogens is 258 g/mol. The molecule has 0 bridgehead atoms. The average Bonchev–Trinajstić information content (AvgIpc) is 2.99. The number of anilines is 2. The second-order valence-electron chi connectivity index (χ2n) is 4.15. The molecule has 1 aliphatic carbocycles. The SMILES string of the molecule is CS(=O)(=O)N(c1cncc(NC(=O)O)c1)C1CC1. The predicted octanol–water partition coefficient (Wildman–Crippen LogP) is 1.10. The lowest BCUT2D eigenvalue weighted by molar-refractivity contribution is 0.209. The third-order valence-electron chi connectivity index (χ3n) is 2.47. The van der Waals surface area contributed by atoms with Gasteiger partial charge < -0.3 is 5.11 Å². The van der Waals surface area contributed by atoms with Gasteiger partial charge in [0.25, 0.3) is 0 Å². The summed E-state index contributed by atoms with van der Waals surface area (Å²) >= 11 is 0. The molecule has 1 heterocycles. The van der Waals surface area contributed by atoms with Crippen LogP contribution < -0.4 is 9.62 Å². The number of nitrogens with zero attached hydrogens (tertiary/aromatic N) is 2. The largest absolute Gasteiger partial charge is 0.465 e.